The average Bonchev–Trinajstić information content (AvgIpc) is 2.39. The van der Waals surface area contributed by atoms with E-state index in [9.17, 15) is 10.1 Å². The van der Waals surface area contributed by atoms with E-state index in [1.54, 1.807) is 0 Å². The van der Waals surface area contributed by atoms with E-state index in [-0.39, 0.29) is 5.69 Å². The first-order valence-corrected chi connectivity index (χ1v) is 6.39. The molecule has 6 nitrogen and oxygen atoms in total. The maximum absolute atomic E-state index is 10.6. The number of thioether (sulfide) groups is 1. The van der Waals surface area contributed by atoms with Gasteiger partial charge in [0.15, 0.2) is 11.6 Å². The maximum Gasteiger partial charge on any atom is 0.291 e. The van der Waals surface area contributed by atoms with E-state index in [2.05, 4.69) is 9.88 Å². The van der Waals surface area contributed by atoms with Crippen LogP contribution < -0.4 is 9.64 Å². The van der Waals surface area contributed by atoms with Gasteiger partial charge in [0.2, 0.25) is 0 Å². The normalized spacial score (nSPS) is 15.7. The summed E-state index contributed by atoms with van der Waals surface area (Å²) in [4.78, 5) is 16.4. The van der Waals surface area contributed by atoms with E-state index in [1.165, 1.54) is 19.4 Å². The largest absolute Gasteiger partial charge is 0.493 e. The number of ether oxygens (including phenoxy) is 1. The Balaban J connectivity index is 2.29. The number of pyridine rings is 1. The third-order valence-corrected chi connectivity index (χ3v) is 3.50. The quantitative estimate of drug-likeness (QED) is 0.603. The highest BCUT2D eigenvalue weighted by molar-refractivity contribution is 7.99. The van der Waals surface area contributed by atoms with Crippen molar-refractivity contribution in [3.05, 3.63) is 22.4 Å². The van der Waals surface area contributed by atoms with E-state index in [1.807, 2.05) is 11.8 Å². The Morgan fingerprint density at radius 3 is 2.82 bits per heavy atom. The first kappa shape index (κ1) is 12.0. The minimum atomic E-state index is -0.467. The first-order chi connectivity index (χ1) is 8.22. The van der Waals surface area contributed by atoms with Gasteiger partial charge < -0.3 is 9.64 Å². The highest BCUT2D eigenvalue weighted by Crippen LogP contribution is 2.30. The molecule has 7 heteroatoms. The van der Waals surface area contributed by atoms with Crippen LogP contribution in [0, 0.1) is 10.1 Å². The van der Waals surface area contributed by atoms with Crippen molar-refractivity contribution in [1.29, 1.82) is 0 Å². The van der Waals surface area contributed by atoms with Crippen LogP contribution in [0.25, 0.3) is 0 Å². The summed E-state index contributed by atoms with van der Waals surface area (Å²) in [6, 6.07) is 1.42. The molecule has 0 bridgehead atoms. The Kier molecular flexibility index (Phi) is 3.68. The van der Waals surface area contributed by atoms with Gasteiger partial charge in [0.25, 0.3) is 5.69 Å². The number of nitrogens with zero attached hydrogens (tertiary/aromatic N) is 3. The Labute approximate surface area is 103 Å². The van der Waals surface area contributed by atoms with Gasteiger partial charge in [-0.15, -0.1) is 0 Å². The predicted molar refractivity (Wildman–Crippen MR) is 67.0 cm³/mol. The number of rotatable bonds is 3. The molecule has 0 amide bonds. The zero-order valence-electron chi connectivity index (χ0n) is 9.46. The van der Waals surface area contributed by atoms with Crippen LogP contribution >= 0.6 is 11.8 Å². The van der Waals surface area contributed by atoms with Gasteiger partial charge in [0.05, 0.1) is 18.1 Å². The fourth-order valence-electron chi connectivity index (χ4n) is 1.69. The van der Waals surface area contributed by atoms with Gasteiger partial charge in [-0.1, -0.05) is 0 Å². The molecule has 1 fully saturated rings. The summed E-state index contributed by atoms with van der Waals surface area (Å²) in [6.45, 7) is 1.79. The molecule has 1 aliphatic rings. The summed E-state index contributed by atoms with van der Waals surface area (Å²) in [5, 5.41) is 10.6. The Hall–Kier alpha value is -1.50. The van der Waals surface area contributed by atoms with E-state index < -0.39 is 4.92 Å². The van der Waals surface area contributed by atoms with Crippen LogP contribution in [-0.2, 0) is 0 Å². The molecule has 1 aromatic rings. The molecule has 0 atom stereocenters. The Bertz CT molecular complexity index is 421. The summed E-state index contributed by atoms with van der Waals surface area (Å²) in [5.74, 6) is 3.24. The fraction of sp³-hybridized carbons (Fsp3) is 0.500. The first-order valence-electron chi connectivity index (χ1n) is 5.23. The molecule has 1 aromatic heterocycles. The monoisotopic (exact) mass is 255 g/mol. The molecule has 1 saturated heterocycles. The predicted octanol–water partition coefficient (Wildman–Crippen LogP) is 1.55. The topological polar surface area (TPSA) is 68.5 Å². The van der Waals surface area contributed by atoms with E-state index >= 15 is 0 Å². The molecule has 2 heterocycles. The molecule has 0 radical (unpaired) electrons. The van der Waals surface area contributed by atoms with Gasteiger partial charge >= 0.3 is 0 Å². The number of anilines is 1. The number of aromatic nitrogens is 1. The van der Waals surface area contributed by atoms with Crippen LogP contribution in [-0.4, -0.2) is 41.6 Å². The molecular weight excluding hydrogens is 242 g/mol. The highest BCUT2D eigenvalue weighted by atomic mass is 32.2. The molecule has 2 rings (SSSR count). The zero-order valence-corrected chi connectivity index (χ0v) is 10.3. The van der Waals surface area contributed by atoms with E-state index in [4.69, 9.17) is 4.74 Å². The average molecular weight is 255 g/mol. The number of methoxy groups -OCH3 is 1. The lowest BCUT2D eigenvalue weighted by atomic mass is 10.3. The molecule has 1 aliphatic heterocycles. The molecule has 0 aromatic carbocycles. The van der Waals surface area contributed by atoms with Gasteiger partial charge in [0.1, 0.15) is 6.20 Å². The van der Waals surface area contributed by atoms with Gasteiger partial charge in [-0.2, -0.15) is 11.8 Å². The molecule has 0 saturated carbocycles. The zero-order chi connectivity index (χ0) is 12.3. The van der Waals surface area contributed by atoms with Crippen molar-refractivity contribution in [2.75, 3.05) is 36.6 Å². The van der Waals surface area contributed by atoms with Gasteiger partial charge in [0, 0.05) is 24.6 Å². The molecule has 0 unspecified atom stereocenters. The lowest BCUT2D eigenvalue weighted by Gasteiger charge is -2.28. The molecule has 0 aliphatic carbocycles. The van der Waals surface area contributed by atoms with Crippen molar-refractivity contribution in [3.8, 4) is 5.75 Å². The third kappa shape index (κ3) is 2.60. The van der Waals surface area contributed by atoms with Gasteiger partial charge in [-0.25, -0.2) is 4.98 Å². The van der Waals surface area contributed by atoms with Crippen LogP contribution in [0.3, 0.4) is 0 Å². The second kappa shape index (κ2) is 5.22. The van der Waals surface area contributed by atoms with Gasteiger partial charge in [-0.3, -0.25) is 10.1 Å². The minimum absolute atomic E-state index is 0.0445. The van der Waals surface area contributed by atoms with E-state index in [0.29, 0.717) is 11.6 Å². The third-order valence-electron chi connectivity index (χ3n) is 2.56. The summed E-state index contributed by atoms with van der Waals surface area (Å²) in [7, 11) is 1.50. The highest BCUT2D eigenvalue weighted by Gasteiger charge is 2.19. The molecule has 17 heavy (non-hydrogen) atoms. The Morgan fingerprint density at radius 2 is 2.24 bits per heavy atom. The summed E-state index contributed by atoms with van der Waals surface area (Å²) < 4.78 is 5.17. The molecule has 0 N–H and O–H groups in total. The van der Waals surface area contributed by atoms with Crippen molar-refractivity contribution in [2.24, 2.45) is 0 Å². The summed E-state index contributed by atoms with van der Waals surface area (Å²) >= 11 is 1.90. The number of nitro groups is 1. The van der Waals surface area contributed by atoms with Gasteiger partial charge in [-0.05, 0) is 0 Å². The Morgan fingerprint density at radius 1 is 1.53 bits per heavy atom. The molecule has 0 spiro atoms. The SMILES string of the molecule is COc1cc([N+](=O)[O-])cnc1N1CCSCC1. The molecular formula is C10H13N3O3S. The summed E-state index contributed by atoms with van der Waals surface area (Å²) in [6.07, 6.45) is 1.28. The van der Waals surface area contributed by atoms with Crippen LogP contribution in [0.15, 0.2) is 12.3 Å². The van der Waals surface area contributed by atoms with Crippen LogP contribution in [0.4, 0.5) is 11.5 Å². The van der Waals surface area contributed by atoms with Crippen LogP contribution in [0.5, 0.6) is 5.75 Å². The summed E-state index contributed by atoms with van der Waals surface area (Å²) in [5.41, 5.74) is -0.0445. The lowest BCUT2D eigenvalue weighted by Crippen LogP contribution is -2.33. The smallest absolute Gasteiger partial charge is 0.291 e. The van der Waals surface area contributed by atoms with Crippen LogP contribution in [0.1, 0.15) is 0 Å². The van der Waals surface area contributed by atoms with Crippen molar-refractivity contribution >= 4 is 23.3 Å². The standard InChI is InChI=1S/C10H13N3O3S/c1-16-9-6-8(13(14)15)7-11-10(9)12-2-4-17-5-3-12/h6-7H,2-5H2,1H3. The van der Waals surface area contributed by atoms with Crippen LogP contribution in [0.2, 0.25) is 0 Å². The van der Waals surface area contributed by atoms with E-state index in [0.717, 1.165) is 24.6 Å². The number of hydrogen-bond acceptors (Lipinski definition) is 6. The fourth-order valence-corrected chi connectivity index (χ4v) is 2.59. The number of hydrogen-bond donors (Lipinski definition) is 0. The second-order valence-corrected chi connectivity index (χ2v) is 4.80. The maximum atomic E-state index is 10.6. The minimum Gasteiger partial charge on any atom is -0.493 e. The van der Waals surface area contributed by atoms with Crippen molar-refractivity contribution < 1.29 is 9.66 Å². The van der Waals surface area contributed by atoms with Crippen molar-refractivity contribution in [3.63, 3.8) is 0 Å². The molecule has 92 valence electrons. The second-order valence-electron chi connectivity index (χ2n) is 3.58. The van der Waals surface area contributed by atoms with Crippen molar-refractivity contribution in [1.82, 2.24) is 4.98 Å². The lowest BCUT2D eigenvalue weighted by molar-refractivity contribution is -0.385. The van der Waals surface area contributed by atoms with Crippen molar-refractivity contribution in [2.45, 2.75) is 0 Å².